The molecule has 2 atom stereocenters. The molecule has 4 aromatic rings. The van der Waals surface area contributed by atoms with Gasteiger partial charge in [0.2, 0.25) is 0 Å². The molecule has 1 aliphatic rings. The maximum atomic E-state index is 6.46. The van der Waals surface area contributed by atoms with Gasteiger partial charge in [0, 0.05) is 25.7 Å². The van der Waals surface area contributed by atoms with E-state index in [0.29, 0.717) is 39.0 Å². The molecule has 0 aliphatic carbocycles. The molecule has 37 heavy (non-hydrogen) atoms. The van der Waals surface area contributed by atoms with Crippen molar-refractivity contribution in [2.45, 2.75) is 44.7 Å². The molecule has 1 saturated heterocycles. The van der Waals surface area contributed by atoms with E-state index in [1.807, 2.05) is 18.2 Å². The number of benzene rings is 4. The average molecular weight is 496 g/mol. The minimum absolute atomic E-state index is 0.165. The van der Waals surface area contributed by atoms with Gasteiger partial charge in [-0.25, -0.2) is 0 Å². The van der Waals surface area contributed by atoms with Crippen LogP contribution in [0.5, 0.6) is 0 Å². The SMILES string of the molecule is c1ccc(COCCCOCc2ccc([C@@H]3CCNC[C@H]3OCc3ccc4ccccc4c3)cc2)cc1. The number of rotatable bonds is 12. The van der Waals surface area contributed by atoms with E-state index in [9.17, 15) is 0 Å². The fourth-order valence-corrected chi connectivity index (χ4v) is 5.00. The summed E-state index contributed by atoms with van der Waals surface area (Å²) in [4.78, 5) is 0. The van der Waals surface area contributed by atoms with Crippen LogP contribution in [0, 0.1) is 0 Å². The third kappa shape index (κ3) is 7.50. The van der Waals surface area contributed by atoms with Gasteiger partial charge in [-0.1, -0.05) is 91.0 Å². The normalized spacial score (nSPS) is 17.7. The van der Waals surface area contributed by atoms with Crippen molar-refractivity contribution in [2.24, 2.45) is 0 Å². The Morgan fingerprint density at radius 2 is 1.32 bits per heavy atom. The average Bonchev–Trinajstić information content (AvgIpc) is 2.96. The van der Waals surface area contributed by atoms with E-state index < -0.39 is 0 Å². The number of piperidine rings is 1. The quantitative estimate of drug-likeness (QED) is 0.224. The predicted octanol–water partition coefficient (Wildman–Crippen LogP) is 6.63. The zero-order valence-electron chi connectivity index (χ0n) is 21.5. The highest BCUT2D eigenvalue weighted by molar-refractivity contribution is 5.82. The first kappa shape index (κ1) is 25.6. The van der Waals surface area contributed by atoms with Crippen molar-refractivity contribution in [2.75, 3.05) is 26.3 Å². The highest BCUT2D eigenvalue weighted by Gasteiger charge is 2.27. The lowest BCUT2D eigenvalue weighted by Crippen LogP contribution is -2.40. The maximum absolute atomic E-state index is 6.46. The van der Waals surface area contributed by atoms with Crippen LogP contribution in [-0.2, 0) is 34.0 Å². The Hall–Kier alpha value is -3.02. The van der Waals surface area contributed by atoms with Crippen LogP contribution in [0.1, 0.15) is 41.0 Å². The standard InChI is InChI=1S/C33H37NO3/c1-2-7-26(8-3-1)23-35-19-6-20-36-24-27-11-15-30(16-12-27)32-17-18-34-22-33(32)37-25-28-13-14-29-9-4-5-10-31(29)21-28/h1-5,7-16,21,32-34H,6,17-20,22-25H2/t32-,33+/m0/s1. The van der Waals surface area contributed by atoms with Gasteiger partial charge < -0.3 is 19.5 Å². The number of hydrogen-bond acceptors (Lipinski definition) is 4. The van der Waals surface area contributed by atoms with Crippen LogP contribution in [0.15, 0.2) is 97.1 Å². The molecule has 4 aromatic carbocycles. The topological polar surface area (TPSA) is 39.7 Å². The number of fused-ring (bicyclic) bond motifs is 1. The van der Waals surface area contributed by atoms with Gasteiger partial charge in [-0.2, -0.15) is 0 Å². The summed E-state index contributed by atoms with van der Waals surface area (Å²) < 4.78 is 18.1. The maximum Gasteiger partial charge on any atom is 0.0772 e. The molecule has 0 radical (unpaired) electrons. The van der Waals surface area contributed by atoms with Gasteiger partial charge in [-0.15, -0.1) is 0 Å². The molecule has 1 N–H and O–H groups in total. The second-order valence-electron chi connectivity index (χ2n) is 9.82. The number of nitrogens with one attached hydrogen (secondary N) is 1. The fraction of sp³-hybridized carbons (Fsp3) is 0.333. The van der Waals surface area contributed by atoms with Crippen molar-refractivity contribution in [3.05, 3.63) is 119 Å². The van der Waals surface area contributed by atoms with Crippen molar-refractivity contribution < 1.29 is 14.2 Å². The molecule has 0 bridgehead atoms. The molecule has 0 amide bonds. The van der Waals surface area contributed by atoms with Gasteiger partial charge in [0.05, 0.1) is 25.9 Å². The summed E-state index contributed by atoms with van der Waals surface area (Å²) in [6.45, 7) is 5.25. The summed E-state index contributed by atoms with van der Waals surface area (Å²) in [7, 11) is 0. The van der Waals surface area contributed by atoms with Gasteiger partial charge in [-0.3, -0.25) is 0 Å². The van der Waals surface area contributed by atoms with E-state index in [1.54, 1.807) is 0 Å². The number of hydrogen-bond donors (Lipinski definition) is 1. The van der Waals surface area contributed by atoms with Gasteiger partial charge in [-0.05, 0) is 58.5 Å². The molecule has 4 heteroatoms. The summed E-state index contributed by atoms with van der Waals surface area (Å²) in [5.74, 6) is 0.401. The molecule has 5 rings (SSSR count). The predicted molar refractivity (Wildman–Crippen MR) is 150 cm³/mol. The third-order valence-electron chi connectivity index (χ3n) is 7.07. The summed E-state index contributed by atoms with van der Waals surface area (Å²) in [5.41, 5.74) is 4.99. The Kier molecular flexibility index (Phi) is 9.35. The first-order valence-electron chi connectivity index (χ1n) is 13.4. The van der Waals surface area contributed by atoms with Crippen LogP contribution in [0.25, 0.3) is 10.8 Å². The highest BCUT2D eigenvalue weighted by Crippen LogP contribution is 2.29. The zero-order chi connectivity index (χ0) is 25.1. The van der Waals surface area contributed by atoms with Gasteiger partial charge in [0.25, 0.3) is 0 Å². The van der Waals surface area contributed by atoms with Gasteiger partial charge >= 0.3 is 0 Å². The summed E-state index contributed by atoms with van der Waals surface area (Å²) in [6, 6.07) is 34.3. The molecule has 1 heterocycles. The second kappa shape index (κ2) is 13.5. The minimum atomic E-state index is 0.165. The van der Waals surface area contributed by atoms with E-state index in [-0.39, 0.29) is 6.10 Å². The van der Waals surface area contributed by atoms with Crippen molar-refractivity contribution >= 4 is 10.8 Å². The smallest absolute Gasteiger partial charge is 0.0772 e. The lowest BCUT2D eigenvalue weighted by Gasteiger charge is -2.32. The lowest BCUT2D eigenvalue weighted by molar-refractivity contribution is 0.0106. The molecule has 192 valence electrons. The fourth-order valence-electron chi connectivity index (χ4n) is 5.00. The Balaban J connectivity index is 1.06. The largest absolute Gasteiger partial charge is 0.377 e. The van der Waals surface area contributed by atoms with Gasteiger partial charge in [0.1, 0.15) is 0 Å². The molecule has 0 unspecified atom stereocenters. The van der Waals surface area contributed by atoms with Crippen LogP contribution in [-0.4, -0.2) is 32.4 Å². The Morgan fingerprint density at radius 1 is 0.649 bits per heavy atom. The molecule has 0 saturated carbocycles. The Labute approximate surface area is 220 Å². The first-order valence-corrected chi connectivity index (χ1v) is 13.4. The van der Waals surface area contributed by atoms with E-state index in [0.717, 1.165) is 25.9 Å². The van der Waals surface area contributed by atoms with E-state index in [4.69, 9.17) is 14.2 Å². The number of ether oxygens (including phenoxy) is 3. The molecule has 0 aromatic heterocycles. The monoisotopic (exact) mass is 495 g/mol. The minimum Gasteiger partial charge on any atom is -0.377 e. The van der Waals surface area contributed by atoms with E-state index in [1.165, 1.54) is 33.0 Å². The summed E-state index contributed by atoms with van der Waals surface area (Å²) in [6.07, 6.45) is 2.15. The Bertz CT molecular complexity index is 1230. The lowest BCUT2D eigenvalue weighted by atomic mass is 9.87. The second-order valence-corrected chi connectivity index (χ2v) is 9.82. The molecular weight excluding hydrogens is 458 g/mol. The van der Waals surface area contributed by atoms with Crippen molar-refractivity contribution in [1.82, 2.24) is 5.32 Å². The van der Waals surface area contributed by atoms with E-state index >= 15 is 0 Å². The van der Waals surface area contributed by atoms with Crippen LogP contribution in [0.4, 0.5) is 0 Å². The van der Waals surface area contributed by atoms with Gasteiger partial charge in [0.15, 0.2) is 0 Å². The molecule has 4 nitrogen and oxygen atoms in total. The van der Waals surface area contributed by atoms with Crippen LogP contribution >= 0.6 is 0 Å². The summed E-state index contributed by atoms with van der Waals surface area (Å²) in [5, 5.41) is 6.05. The van der Waals surface area contributed by atoms with Crippen LogP contribution in [0.3, 0.4) is 0 Å². The summed E-state index contributed by atoms with van der Waals surface area (Å²) >= 11 is 0. The Morgan fingerprint density at radius 3 is 2.11 bits per heavy atom. The molecule has 0 spiro atoms. The molecule has 1 fully saturated rings. The van der Waals surface area contributed by atoms with E-state index in [2.05, 4.69) is 84.2 Å². The van der Waals surface area contributed by atoms with Crippen molar-refractivity contribution in [3.63, 3.8) is 0 Å². The first-order chi connectivity index (χ1) is 18.3. The van der Waals surface area contributed by atoms with Crippen LogP contribution in [0.2, 0.25) is 0 Å². The van der Waals surface area contributed by atoms with Crippen molar-refractivity contribution in [3.8, 4) is 0 Å². The molecule has 1 aliphatic heterocycles. The van der Waals surface area contributed by atoms with Crippen LogP contribution < -0.4 is 5.32 Å². The highest BCUT2D eigenvalue weighted by atomic mass is 16.5. The zero-order valence-corrected chi connectivity index (χ0v) is 21.5. The third-order valence-corrected chi connectivity index (χ3v) is 7.07. The molecular formula is C33H37NO3. The van der Waals surface area contributed by atoms with Crippen molar-refractivity contribution in [1.29, 1.82) is 0 Å².